The van der Waals surface area contributed by atoms with Crippen molar-refractivity contribution in [3.05, 3.63) is 47.7 Å². The van der Waals surface area contributed by atoms with E-state index < -0.39 is 0 Å². The second kappa shape index (κ2) is 7.88. The van der Waals surface area contributed by atoms with Crippen LogP contribution < -0.4 is 16.0 Å². The molecule has 0 unspecified atom stereocenters. The van der Waals surface area contributed by atoms with Crippen LogP contribution in [0.25, 0.3) is 0 Å². The summed E-state index contributed by atoms with van der Waals surface area (Å²) in [6.07, 6.45) is 0.805. The Kier molecular flexibility index (Phi) is 5.62. The van der Waals surface area contributed by atoms with Crippen LogP contribution in [0.3, 0.4) is 0 Å². The molecule has 23 heavy (non-hydrogen) atoms. The highest BCUT2D eigenvalue weighted by Gasteiger charge is 2.05. The summed E-state index contributed by atoms with van der Waals surface area (Å²) in [6.45, 7) is 2.17. The lowest BCUT2D eigenvalue weighted by Gasteiger charge is -2.07. The minimum absolute atomic E-state index is 0.0850. The molecule has 2 aromatic rings. The topological polar surface area (TPSA) is 96.0 Å². The molecule has 1 aromatic heterocycles. The SMILES string of the molecule is CNC(=O)c1ccc(NCCc2ccc(NC(C)=O)cc2)nn1. The third kappa shape index (κ3) is 5.06. The monoisotopic (exact) mass is 313 g/mol. The van der Waals surface area contributed by atoms with Crippen molar-refractivity contribution in [2.75, 3.05) is 24.2 Å². The van der Waals surface area contributed by atoms with Crippen molar-refractivity contribution < 1.29 is 9.59 Å². The molecule has 1 heterocycles. The van der Waals surface area contributed by atoms with Crippen LogP contribution >= 0.6 is 0 Å². The van der Waals surface area contributed by atoms with E-state index in [1.807, 2.05) is 24.3 Å². The normalized spacial score (nSPS) is 10.0. The molecule has 0 saturated carbocycles. The van der Waals surface area contributed by atoms with Crippen molar-refractivity contribution in [2.45, 2.75) is 13.3 Å². The van der Waals surface area contributed by atoms with Crippen molar-refractivity contribution in [1.29, 1.82) is 0 Å². The maximum absolute atomic E-state index is 11.4. The fourth-order valence-corrected chi connectivity index (χ4v) is 1.97. The first kappa shape index (κ1) is 16.4. The van der Waals surface area contributed by atoms with Gasteiger partial charge in [-0.25, -0.2) is 0 Å². The maximum atomic E-state index is 11.4. The summed E-state index contributed by atoms with van der Waals surface area (Å²) in [6, 6.07) is 11.0. The fraction of sp³-hybridized carbons (Fsp3) is 0.250. The standard InChI is InChI=1S/C16H19N5O2/c1-11(22)19-13-5-3-12(4-6-13)9-10-18-15-8-7-14(20-21-15)16(23)17-2/h3-8H,9-10H2,1-2H3,(H,17,23)(H,18,21)(H,19,22). The van der Waals surface area contributed by atoms with E-state index in [9.17, 15) is 9.59 Å². The Morgan fingerprint density at radius 3 is 2.35 bits per heavy atom. The second-order valence-corrected chi connectivity index (χ2v) is 4.94. The first-order valence-corrected chi connectivity index (χ1v) is 7.24. The number of nitrogens with zero attached hydrogens (tertiary/aromatic N) is 2. The van der Waals surface area contributed by atoms with Crippen LogP contribution in [0.5, 0.6) is 0 Å². The van der Waals surface area contributed by atoms with Gasteiger partial charge in [0.25, 0.3) is 5.91 Å². The Bertz CT molecular complexity index is 668. The largest absolute Gasteiger partial charge is 0.368 e. The van der Waals surface area contributed by atoms with Crippen LogP contribution in [0.15, 0.2) is 36.4 Å². The molecule has 1 aromatic carbocycles. The van der Waals surface area contributed by atoms with Crippen LogP contribution in [0.1, 0.15) is 23.0 Å². The Labute approximate surface area is 134 Å². The zero-order valence-electron chi connectivity index (χ0n) is 13.1. The maximum Gasteiger partial charge on any atom is 0.271 e. The molecule has 0 aliphatic heterocycles. The Balaban J connectivity index is 1.82. The third-order valence-corrected chi connectivity index (χ3v) is 3.12. The average Bonchev–Trinajstić information content (AvgIpc) is 2.56. The number of aromatic nitrogens is 2. The van der Waals surface area contributed by atoms with Gasteiger partial charge in [0.2, 0.25) is 5.91 Å². The predicted octanol–water partition coefficient (Wildman–Crippen LogP) is 1.45. The Morgan fingerprint density at radius 2 is 1.78 bits per heavy atom. The van der Waals surface area contributed by atoms with Gasteiger partial charge in [-0.2, -0.15) is 0 Å². The Morgan fingerprint density at radius 1 is 1.04 bits per heavy atom. The molecule has 7 nitrogen and oxygen atoms in total. The zero-order chi connectivity index (χ0) is 16.7. The van der Waals surface area contributed by atoms with Crippen LogP contribution in [0.4, 0.5) is 11.5 Å². The summed E-state index contributed by atoms with van der Waals surface area (Å²) in [7, 11) is 1.55. The first-order valence-electron chi connectivity index (χ1n) is 7.24. The number of benzene rings is 1. The summed E-state index contributed by atoms with van der Waals surface area (Å²) in [5.41, 5.74) is 2.21. The van der Waals surface area contributed by atoms with Gasteiger partial charge in [0.15, 0.2) is 5.69 Å². The lowest BCUT2D eigenvalue weighted by molar-refractivity contribution is -0.114. The number of carbonyl (C=O) groups excluding carboxylic acids is 2. The van der Waals surface area contributed by atoms with Crippen molar-refractivity contribution in [3.8, 4) is 0 Å². The van der Waals surface area contributed by atoms with Gasteiger partial charge in [-0.15, -0.1) is 10.2 Å². The molecular formula is C16H19N5O2. The summed E-state index contributed by atoms with van der Waals surface area (Å²) < 4.78 is 0. The number of nitrogens with one attached hydrogen (secondary N) is 3. The Hall–Kier alpha value is -2.96. The molecule has 3 N–H and O–H groups in total. The van der Waals surface area contributed by atoms with Gasteiger partial charge in [-0.05, 0) is 36.2 Å². The van der Waals surface area contributed by atoms with E-state index in [1.54, 1.807) is 19.2 Å². The number of hydrogen-bond acceptors (Lipinski definition) is 5. The molecular weight excluding hydrogens is 294 g/mol. The molecule has 0 spiro atoms. The smallest absolute Gasteiger partial charge is 0.271 e. The lowest BCUT2D eigenvalue weighted by Crippen LogP contribution is -2.20. The number of amides is 2. The van der Waals surface area contributed by atoms with Crippen LogP contribution in [-0.2, 0) is 11.2 Å². The molecule has 0 aliphatic carbocycles. The van der Waals surface area contributed by atoms with E-state index in [0.717, 1.165) is 17.7 Å². The van der Waals surface area contributed by atoms with Crippen molar-refractivity contribution in [1.82, 2.24) is 15.5 Å². The van der Waals surface area contributed by atoms with Gasteiger partial charge in [-0.1, -0.05) is 12.1 Å². The molecule has 0 radical (unpaired) electrons. The van der Waals surface area contributed by atoms with E-state index in [2.05, 4.69) is 26.1 Å². The molecule has 0 saturated heterocycles. The highest BCUT2D eigenvalue weighted by atomic mass is 16.2. The molecule has 0 aliphatic rings. The summed E-state index contributed by atoms with van der Waals surface area (Å²) >= 11 is 0. The summed E-state index contributed by atoms with van der Waals surface area (Å²) in [5.74, 6) is 0.272. The predicted molar refractivity (Wildman–Crippen MR) is 88.4 cm³/mol. The van der Waals surface area contributed by atoms with Crippen molar-refractivity contribution >= 4 is 23.3 Å². The number of carbonyl (C=O) groups is 2. The van der Waals surface area contributed by atoms with Gasteiger partial charge in [0, 0.05) is 26.2 Å². The van der Waals surface area contributed by atoms with Gasteiger partial charge in [-0.3, -0.25) is 9.59 Å². The average molecular weight is 313 g/mol. The molecule has 7 heteroatoms. The minimum atomic E-state index is -0.261. The molecule has 2 rings (SSSR count). The van der Waals surface area contributed by atoms with Crippen molar-refractivity contribution in [2.24, 2.45) is 0 Å². The molecule has 0 fully saturated rings. The molecule has 0 atom stereocenters. The van der Waals surface area contributed by atoms with Crippen LogP contribution in [0.2, 0.25) is 0 Å². The number of anilines is 2. The highest BCUT2D eigenvalue weighted by Crippen LogP contribution is 2.10. The summed E-state index contributed by atoms with van der Waals surface area (Å²) in [5, 5.41) is 16.2. The van der Waals surface area contributed by atoms with Gasteiger partial charge in [0.05, 0.1) is 0 Å². The van der Waals surface area contributed by atoms with Crippen molar-refractivity contribution in [3.63, 3.8) is 0 Å². The quantitative estimate of drug-likeness (QED) is 0.750. The lowest BCUT2D eigenvalue weighted by atomic mass is 10.1. The summed E-state index contributed by atoms with van der Waals surface area (Å²) in [4.78, 5) is 22.3. The first-order chi connectivity index (χ1) is 11.1. The zero-order valence-corrected chi connectivity index (χ0v) is 13.1. The van der Waals surface area contributed by atoms with Gasteiger partial charge >= 0.3 is 0 Å². The van der Waals surface area contributed by atoms with E-state index in [-0.39, 0.29) is 17.5 Å². The molecule has 2 amide bonds. The van der Waals surface area contributed by atoms with E-state index in [0.29, 0.717) is 12.4 Å². The molecule has 120 valence electrons. The third-order valence-electron chi connectivity index (χ3n) is 3.12. The van der Waals surface area contributed by atoms with Gasteiger partial charge < -0.3 is 16.0 Å². The number of hydrogen-bond donors (Lipinski definition) is 3. The highest BCUT2D eigenvalue weighted by molar-refractivity contribution is 5.91. The van der Waals surface area contributed by atoms with E-state index in [1.165, 1.54) is 6.92 Å². The van der Waals surface area contributed by atoms with E-state index in [4.69, 9.17) is 0 Å². The number of rotatable bonds is 6. The van der Waals surface area contributed by atoms with Crippen LogP contribution in [0, 0.1) is 0 Å². The molecule has 0 bridgehead atoms. The van der Waals surface area contributed by atoms with E-state index >= 15 is 0 Å². The van der Waals surface area contributed by atoms with Crippen LogP contribution in [-0.4, -0.2) is 35.6 Å². The minimum Gasteiger partial charge on any atom is -0.368 e. The van der Waals surface area contributed by atoms with Gasteiger partial charge in [0.1, 0.15) is 5.82 Å². The second-order valence-electron chi connectivity index (χ2n) is 4.94. The fourth-order valence-electron chi connectivity index (χ4n) is 1.97.